The van der Waals surface area contributed by atoms with Gasteiger partial charge in [-0.3, -0.25) is 0 Å². The zero-order valence-electron chi connectivity index (χ0n) is 31.0. The van der Waals surface area contributed by atoms with Crippen molar-refractivity contribution in [3.8, 4) is 28.0 Å². The van der Waals surface area contributed by atoms with E-state index in [1.54, 1.807) is 0 Å². The number of allylic oxidation sites excluding steroid dienone is 1. The van der Waals surface area contributed by atoms with Crippen LogP contribution in [-0.4, -0.2) is 6.10 Å². The summed E-state index contributed by atoms with van der Waals surface area (Å²) in [5.74, 6) is 0.995. The number of furan rings is 1. The quantitative estimate of drug-likeness (QED) is 0.176. The molecule has 2 heterocycles. The van der Waals surface area contributed by atoms with E-state index in [1.165, 1.54) is 49.2 Å². The van der Waals surface area contributed by atoms with Gasteiger partial charge in [-0.15, -0.1) is 0 Å². The Labute approximate surface area is 330 Å². The molecule has 0 amide bonds. The van der Waals surface area contributed by atoms with E-state index < -0.39 is 0 Å². The minimum Gasteiger partial charge on any atom is -0.484 e. The molecule has 0 fully saturated rings. The lowest BCUT2D eigenvalue weighted by Gasteiger charge is -2.29. The highest BCUT2D eigenvalue weighted by atomic mass is 16.5. The van der Waals surface area contributed by atoms with Crippen molar-refractivity contribution in [2.24, 2.45) is 0 Å². The highest BCUT2D eigenvalue weighted by molar-refractivity contribution is 6.19. The Bertz CT molecular complexity index is 3300. The van der Waals surface area contributed by atoms with E-state index in [9.17, 15) is 0 Å². The molecular formula is C54H35NO2. The van der Waals surface area contributed by atoms with Crippen molar-refractivity contribution < 1.29 is 9.15 Å². The highest BCUT2D eigenvalue weighted by Crippen LogP contribution is 2.47. The molecule has 57 heavy (non-hydrogen) atoms. The van der Waals surface area contributed by atoms with E-state index in [-0.39, 0.29) is 6.10 Å². The molecule has 2 aliphatic rings. The van der Waals surface area contributed by atoms with E-state index in [4.69, 9.17) is 9.15 Å². The van der Waals surface area contributed by atoms with Crippen LogP contribution in [0.2, 0.25) is 0 Å². The Kier molecular flexibility index (Phi) is 7.05. The fourth-order valence-electron chi connectivity index (χ4n) is 9.12. The average Bonchev–Trinajstić information content (AvgIpc) is 3.85. The third-order valence-corrected chi connectivity index (χ3v) is 11.9. The van der Waals surface area contributed by atoms with Crippen LogP contribution in [0.1, 0.15) is 12.0 Å². The summed E-state index contributed by atoms with van der Waals surface area (Å²) in [7, 11) is 0. The van der Waals surface area contributed by atoms with Crippen molar-refractivity contribution in [1.29, 1.82) is 0 Å². The standard InChI is InChI=1S/C54H35NO2/c1-2-13-40(14-3-1)55(42-26-29-51-49(32-42)47-28-22-36-11-6-7-15-43(36)53(47)56-51)41-24-20-35(21-25-41)38-23-27-45-50-33-48(39-19-18-34-10-4-5-12-37(34)30-39)44-16-8-9-17-46(44)54(50)57-52(45)31-38/h1-28,30-33,51H,29H2. The smallest absolute Gasteiger partial charge is 0.143 e. The lowest BCUT2D eigenvalue weighted by atomic mass is 9.93. The second-order valence-corrected chi connectivity index (χ2v) is 15.2. The van der Waals surface area contributed by atoms with Crippen LogP contribution in [0.4, 0.5) is 11.4 Å². The van der Waals surface area contributed by atoms with Crippen LogP contribution < -0.4 is 9.64 Å². The van der Waals surface area contributed by atoms with E-state index in [0.29, 0.717) is 0 Å². The minimum atomic E-state index is 0.0194. The first-order valence-corrected chi connectivity index (χ1v) is 19.7. The van der Waals surface area contributed by atoms with Crippen LogP contribution in [0.5, 0.6) is 5.75 Å². The maximum atomic E-state index is 6.74. The van der Waals surface area contributed by atoms with Gasteiger partial charge in [-0.1, -0.05) is 140 Å². The van der Waals surface area contributed by atoms with Gasteiger partial charge in [0.25, 0.3) is 0 Å². The van der Waals surface area contributed by atoms with Crippen molar-refractivity contribution in [2.45, 2.75) is 12.5 Å². The number of hydrogen-bond acceptors (Lipinski definition) is 3. The van der Waals surface area contributed by atoms with Crippen LogP contribution in [0.15, 0.2) is 204 Å². The van der Waals surface area contributed by atoms with Gasteiger partial charge in [0.1, 0.15) is 23.0 Å². The van der Waals surface area contributed by atoms with Crippen molar-refractivity contribution >= 4 is 71.2 Å². The summed E-state index contributed by atoms with van der Waals surface area (Å²) in [5, 5.41) is 9.42. The number of benzene rings is 9. The van der Waals surface area contributed by atoms with Crippen LogP contribution >= 0.6 is 0 Å². The number of para-hydroxylation sites is 1. The van der Waals surface area contributed by atoms with E-state index in [0.717, 1.165) is 67.7 Å². The molecule has 0 spiro atoms. The third-order valence-electron chi connectivity index (χ3n) is 11.9. The Morgan fingerprint density at radius 1 is 0.456 bits per heavy atom. The van der Waals surface area contributed by atoms with Crippen LogP contribution in [0.3, 0.4) is 0 Å². The summed E-state index contributed by atoms with van der Waals surface area (Å²) in [4.78, 5) is 2.35. The third kappa shape index (κ3) is 5.13. The topological polar surface area (TPSA) is 25.6 Å². The number of nitrogens with zero attached hydrogens (tertiary/aromatic N) is 1. The van der Waals surface area contributed by atoms with Gasteiger partial charge < -0.3 is 14.1 Å². The maximum absolute atomic E-state index is 6.74. The molecule has 1 aliphatic carbocycles. The summed E-state index contributed by atoms with van der Waals surface area (Å²) in [6.45, 7) is 0. The van der Waals surface area contributed by atoms with Crippen molar-refractivity contribution in [2.75, 3.05) is 4.90 Å². The SMILES string of the molecule is C1=C2c3ccc4ccccc4c3OC2CC=C1N(c1ccccc1)c1ccc(-c2ccc3c(c2)oc2c4ccccc4c(-c4ccc5ccccc5c4)cc32)cc1. The molecule has 0 N–H and O–H groups in total. The number of fused-ring (bicyclic) bond motifs is 11. The highest BCUT2D eigenvalue weighted by Gasteiger charge is 2.33. The average molecular weight is 730 g/mol. The van der Waals surface area contributed by atoms with Gasteiger partial charge >= 0.3 is 0 Å². The summed E-state index contributed by atoms with van der Waals surface area (Å²) in [6, 6.07) is 65.3. The van der Waals surface area contributed by atoms with Gasteiger partial charge in [-0.05, 0) is 98.4 Å². The van der Waals surface area contributed by atoms with Gasteiger partial charge in [-0.25, -0.2) is 0 Å². The zero-order valence-corrected chi connectivity index (χ0v) is 31.0. The fourth-order valence-corrected chi connectivity index (χ4v) is 9.12. The second-order valence-electron chi connectivity index (χ2n) is 15.2. The number of rotatable bonds is 5. The Hall–Kier alpha value is -7.36. The van der Waals surface area contributed by atoms with Crippen molar-refractivity contribution in [3.63, 3.8) is 0 Å². The monoisotopic (exact) mass is 729 g/mol. The molecular weight excluding hydrogens is 695 g/mol. The predicted molar refractivity (Wildman–Crippen MR) is 237 cm³/mol. The first kappa shape index (κ1) is 31.9. The number of ether oxygens (including phenoxy) is 1. The Balaban J connectivity index is 0.918. The Morgan fingerprint density at radius 2 is 1.14 bits per heavy atom. The second kappa shape index (κ2) is 12.6. The van der Waals surface area contributed by atoms with Gasteiger partial charge in [0.2, 0.25) is 0 Å². The lowest BCUT2D eigenvalue weighted by Crippen LogP contribution is -2.21. The fraction of sp³-hybridized carbons (Fsp3) is 0.0370. The van der Waals surface area contributed by atoms with Crippen LogP contribution in [0, 0.1) is 0 Å². The molecule has 1 unspecified atom stereocenters. The first-order chi connectivity index (χ1) is 28.2. The molecule has 12 rings (SSSR count). The molecule has 0 bridgehead atoms. The summed E-state index contributed by atoms with van der Waals surface area (Å²) in [6.07, 6.45) is 5.46. The molecule has 10 aromatic rings. The van der Waals surface area contributed by atoms with E-state index in [1.807, 2.05) is 0 Å². The normalized spacial score (nSPS) is 14.8. The van der Waals surface area contributed by atoms with Crippen molar-refractivity contribution in [1.82, 2.24) is 0 Å². The number of anilines is 2. The molecule has 268 valence electrons. The molecule has 0 saturated heterocycles. The molecule has 3 nitrogen and oxygen atoms in total. The maximum Gasteiger partial charge on any atom is 0.143 e. The van der Waals surface area contributed by atoms with Gasteiger partial charge in [0.15, 0.2) is 0 Å². The van der Waals surface area contributed by atoms with Crippen LogP contribution in [0.25, 0.3) is 82.1 Å². The molecule has 9 aromatic carbocycles. The van der Waals surface area contributed by atoms with E-state index in [2.05, 4.69) is 199 Å². The summed E-state index contributed by atoms with van der Waals surface area (Å²) >= 11 is 0. The minimum absolute atomic E-state index is 0.0194. The Morgan fingerprint density at radius 3 is 2.00 bits per heavy atom. The molecule has 0 radical (unpaired) electrons. The largest absolute Gasteiger partial charge is 0.484 e. The van der Waals surface area contributed by atoms with Crippen LogP contribution in [-0.2, 0) is 0 Å². The summed E-state index contributed by atoms with van der Waals surface area (Å²) < 4.78 is 13.3. The molecule has 1 aliphatic heterocycles. The van der Waals surface area contributed by atoms with E-state index >= 15 is 0 Å². The first-order valence-electron chi connectivity index (χ1n) is 19.7. The van der Waals surface area contributed by atoms with Gasteiger partial charge in [-0.2, -0.15) is 0 Å². The predicted octanol–water partition coefficient (Wildman–Crippen LogP) is 14.6. The summed E-state index contributed by atoms with van der Waals surface area (Å²) in [5.41, 5.74) is 12.3. The van der Waals surface area contributed by atoms with Crippen molar-refractivity contribution in [3.05, 3.63) is 205 Å². The lowest BCUT2D eigenvalue weighted by molar-refractivity contribution is 0.281. The molecule has 1 aromatic heterocycles. The molecule has 3 heteroatoms. The number of hydrogen-bond donors (Lipinski definition) is 0. The zero-order chi connectivity index (χ0) is 37.5. The van der Waals surface area contributed by atoms with Gasteiger partial charge in [0.05, 0.1) is 0 Å². The van der Waals surface area contributed by atoms with Gasteiger partial charge in [0, 0.05) is 56.2 Å². The molecule has 0 saturated carbocycles. The molecule has 1 atom stereocenters.